The van der Waals surface area contributed by atoms with Gasteiger partial charge in [-0.25, -0.2) is 5.01 Å². The Morgan fingerprint density at radius 1 is 1.14 bits per heavy atom. The van der Waals surface area contributed by atoms with Crippen LogP contribution in [0.5, 0.6) is 11.5 Å². The second kappa shape index (κ2) is 6.67. The third-order valence-electron chi connectivity index (χ3n) is 5.67. The number of nitrogens with zero attached hydrogens (tertiary/aromatic N) is 2. The number of hydrogen-bond acceptors (Lipinski definition) is 5. The predicted molar refractivity (Wildman–Crippen MR) is 112 cm³/mol. The maximum atomic E-state index is 6.44. The highest BCUT2D eigenvalue weighted by Crippen LogP contribution is 2.50. The molecular weight excluding hydrogens is 368 g/mol. The molecule has 3 heterocycles. The highest BCUT2D eigenvalue weighted by atomic mass is 32.1. The molecule has 1 aromatic heterocycles. The van der Waals surface area contributed by atoms with Crippen LogP contribution in [0.3, 0.4) is 0 Å². The first-order valence-electron chi connectivity index (χ1n) is 9.45. The van der Waals surface area contributed by atoms with Gasteiger partial charge in [0.25, 0.3) is 0 Å². The van der Waals surface area contributed by atoms with Crippen molar-refractivity contribution >= 4 is 17.0 Å². The quantitative estimate of drug-likeness (QED) is 0.582. The minimum atomic E-state index is -0.246. The molecule has 28 heavy (non-hydrogen) atoms. The lowest BCUT2D eigenvalue weighted by Crippen LogP contribution is -2.33. The Morgan fingerprint density at radius 2 is 2.04 bits per heavy atom. The van der Waals surface area contributed by atoms with Crippen LogP contribution in [0.1, 0.15) is 46.5 Å². The standard InChI is InChI=1S/C23H22N2O2S/c1-14-7-8-16(11-15(14)2)19-12-20-18-5-4-6-21(26-3)22(18)27-23(25(20)24-19)17-9-10-28-13-17/h4-11,13,20,23H,12H2,1-3H3. The molecule has 5 heteroatoms. The van der Waals surface area contributed by atoms with E-state index in [1.165, 1.54) is 16.7 Å². The van der Waals surface area contributed by atoms with Crippen LogP contribution in [0, 0.1) is 13.8 Å². The van der Waals surface area contributed by atoms with E-state index in [9.17, 15) is 0 Å². The zero-order chi connectivity index (χ0) is 19.3. The fourth-order valence-corrected chi connectivity index (χ4v) is 4.64. The average Bonchev–Trinajstić information content (AvgIpc) is 3.39. The van der Waals surface area contributed by atoms with Crippen LogP contribution in [0.4, 0.5) is 0 Å². The number of hydrazone groups is 1. The smallest absolute Gasteiger partial charge is 0.214 e. The molecule has 0 amide bonds. The Hall–Kier alpha value is -2.79. The molecule has 0 aliphatic carbocycles. The number of ether oxygens (including phenoxy) is 2. The number of methoxy groups -OCH3 is 1. The summed E-state index contributed by atoms with van der Waals surface area (Å²) in [6.07, 6.45) is 0.608. The van der Waals surface area contributed by atoms with E-state index in [0.717, 1.165) is 34.8 Å². The molecule has 0 saturated carbocycles. The van der Waals surface area contributed by atoms with Gasteiger partial charge >= 0.3 is 0 Å². The molecule has 0 N–H and O–H groups in total. The Balaban J connectivity index is 1.61. The van der Waals surface area contributed by atoms with E-state index in [4.69, 9.17) is 14.6 Å². The summed E-state index contributed by atoms with van der Waals surface area (Å²) in [6.45, 7) is 4.29. The summed E-state index contributed by atoms with van der Waals surface area (Å²) in [7, 11) is 1.69. The van der Waals surface area contributed by atoms with Crippen molar-refractivity contribution in [3.05, 3.63) is 81.0 Å². The number of para-hydroxylation sites is 1. The lowest BCUT2D eigenvalue weighted by Gasteiger charge is -2.38. The molecule has 3 aromatic rings. The first-order valence-corrected chi connectivity index (χ1v) is 10.4. The molecule has 0 spiro atoms. The van der Waals surface area contributed by atoms with Gasteiger partial charge < -0.3 is 9.47 Å². The van der Waals surface area contributed by atoms with Crippen LogP contribution in [0.25, 0.3) is 0 Å². The highest BCUT2D eigenvalue weighted by Gasteiger charge is 2.42. The van der Waals surface area contributed by atoms with E-state index in [-0.39, 0.29) is 12.3 Å². The van der Waals surface area contributed by atoms with Crippen molar-refractivity contribution in [3.8, 4) is 11.5 Å². The van der Waals surface area contributed by atoms with Crippen LogP contribution in [0.15, 0.2) is 58.3 Å². The normalized spacial score (nSPS) is 20.2. The van der Waals surface area contributed by atoms with Crippen molar-refractivity contribution in [2.45, 2.75) is 32.5 Å². The van der Waals surface area contributed by atoms with Crippen molar-refractivity contribution in [3.63, 3.8) is 0 Å². The fourth-order valence-electron chi connectivity index (χ4n) is 3.98. The van der Waals surface area contributed by atoms with Crippen molar-refractivity contribution in [2.24, 2.45) is 5.10 Å². The van der Waals surface area contributed by atoms with Gasteiger partial charge in [-0.3, -0.25) is 0 Å². The summed E-state index contributed by atoms with van der Waals surface area (Å²) < 4.78 is 12.0. The van der Waals surface area contributed by atoms with Crippen molar-refractivity contribution in [1.29, 1.82) is 0 Å². The summed E-state index contributed by atoms with van der Waals surface area (Å²) in [5, 5.41) is 11.4. The number of hydrogen-bond donors (Lipinski definition) is 0. The topological polar surface area (TPSA) is 34.1 Å². The molecule has 4 nitrogen and oxygen atoms in total. The highest BCUT2D eigenvalue weighted by molar-refractivity contribution is 7.07. The molecule has 0 fully saturated rings. The van der Waals surface area contributed by atoms with Crippen molar-refractivity contribution < 1.29 is 9.47 Å². The van der Waals surface area contributed by atoms with Crippen LogP contribution in [0.2, 0.25) is 0 Å². The Bertz CT molecular complexity index is 1060. The van der Waals surface area contributed by atoms with Crippen LogP contribution >= 0.6 is 11.3 Å². The van der Waals surface area contributed by atoms with Gasteiger partial charge in [0, 0.05) is 17.5 Å². The van der Waals surface area contributed by atoms with E-state index in [1.807, 2.05) is 12.1 Å². The maximum absolute atomic E-state index is 6.44. The summed E-state index contributed by atoms with van der Waals surface area (Å²) in [5.41, 5.74) is 7.14. The first kappa shape index (κ1) is 17.3. The lowest BCUT2D eigenvalue weighted by molar-refractivity contribution is -0.0206. The van der Waals surface area contributed by atoms with Crippen molar-refractivity contribution in [2.75, 3.05) is 7.11 Å². The Morgan fingerprint density at radius 3 is 2.79 bits per heavy atom. The average molecular weight is 391 g/mol. The number of benzene rings is 2. The number of rotatable bonds is 3. The minimum absolute atomic E-state index is 0.139. The lowest BCUT2D eigenvalue weighted by atomic mass is 9.94. The number of aryl methyl sites for hydroxylation is 2. The van der Waals surface area contributed by atoms with Gasteiger partial charge in [0.05, 0.1) is 18.9 Å². The molecule has 2 aliphatic heterocycles. The van der Waals surface area contributed by atoms with Gasteiger partial charge in [0.15, 0.2) is 11.5 Å². The molecule has 142 valence electrons. The van der Waals surface area contributed by atoms with Crippen LogP contribution in [-0.2, 0) is 0 Å². The van der Waals surface area contributed by atoms with E-state index >= 15 is 0 Å². The van der Waals surface area contributed by atoms with Gasteiger partial charge in [-0.1, -0.05) is 24.3 Å². The minimum Gasteiger partial charge on any atom is -0.493 e. The number of thiophene rings is 1. The van der Waals surface area contributed by atoms with Gasteiger partial charge in [0.2, 0.25) is 6.23 Å². The molecule has 2 atom stereocenters. The van der Waals surface area contributed by atoms with E-state index in [2.05, 4.69) is 59.9 Å². The van der Waals surface area contributed by atoms with Crippen LogP contribution in [-0.4, -0.2) is 17.8 Å². The SMILES string of the molecule is COc1cccc2c1OC(c1ccsc1)N1N=C(c3ccc(C)c(C)c3)CC21. The molecule has 2 aromatic carbocycles. The predicted octanol–water partition coefficient (Wildman–Crippen LogP) is 5.62. The second-order valence-corrected chi connectivity index (χ2v) is 8.13. The van der Waals surface area contributed by atoms with Gasteiger partial charge in [-0.15, -0.1) is 0 Å². The molecular formula is C23H22N2O2S. The van der Waals surface area contributed by atoms with Gasteiger partial charge in [-0.05, 0) is 59.5 Å². The molecule has 0 saturated heterocycles. The van der Waals surface area contributed by atoms with Gasteiger partial charge in [-0.2, -0.15) is 16.4 Å². The summed E-state index contributed by atoms with van der Waals surface area (Å²) in [4.78, 5) is 0. The van der Waals surface area contributed by atoms with E-state index in [0.29, 0.717) is 0 Å². The molecule has 2 aliphatic rings. The fraction of sp³-hybridized carbons (Fsp3) is 0.261. The maximum Gasteiger partial charge on any atom is 0.214 e. The zero-order valence-corrected chi connectivity index (χ0v) is 17.0. The summed E-state index contributed by atoms with van der Waals surface area (Å²) >= 11 is 1.67. The molecule has 2 unspecified atom stereocenters. The monoisotopic (exact) mass is 390 g/mol. The van der Waals surface area contributed by atoms with E-state index < -0.39 is 0 Å². The van der Waals surface area contributed by atoms with Crippen molar-refractivity contribution in [1.82, 2.24) is 5.01 Å². The second-order valence-electron chi connectivity index (χ2n) is 7.35. The first-order chi connectivity index (χ1) is 13.7. The molecule has 0 radical (unpaired) electrons. The van der Waals surface area contributed by atoms with Gasteiger partial charge in [0.1, 0.15) is 0 Å². The van der Waals surface area contributed by atoms with Crippen LogP contribution < -0.4 is 9.47 Å². The zero-order valence-electron chi connectivity index (χ0n) is 16.2. The largest absolute Gasteiger partial charge is 0.493 e. The molecule has 0 bridgehead atoms. The van der Waals surface area contributed by atoms with E-state index in [1.54, 1.807) is 18.4 Å². The molecule has 5 rings (SSSR count). The third-order valence-corrected chi connectivity index (χ3v) is 6.37. The Labute approximate surface area is 169 Å². The number of fused-ring (bicyclic) bond motifs is 3. The Kier molecular flexibility index (Phi) is 4.13. The summed E-state index contributed by atoms with van der Waals surface area (Å²) in [6, 6.07) is 14.9. The third kappa shape index (κ3) is 2.69. The summed E-state index contributed by atoms with van der Waals surface area (Å²) in [5.74, 6) is 1.61.